The van der Waals surface area contributed by atoms with Gasteiger partial charge in [0.1, 0.15) is 6.61 Å². The fourth-order valence-corrected chi connectivity index (χ4v) is 2.00. The Morgan fingerprint density at radius 2 is 1.96 bits per heavy atom. The number of nitro groups is 1. The molecule has 0 aliphatic heterocycles. The Labute approximate surface area is 132 Å². The monoisotopic (exact) mass is 316 g/mol. The van der Waals surface area contributed by atoms with Crippen LogP contribution in [-0.2, 0) is 11.3 Å². The van der Waals surface area contributed by atoms with Gasteiger partial charge in [-0.05, 0) is 11.1 Å². The third kappa shape index (κ3) is 4.79. The predicted octanol–water partition coefficient (Wildman–Crippen LogP) is 2.55. The fraction of sp³-hybridized carbons (Fsp3) is 0.188. The van der Waals surface area contributed by atoms with Crippen molar-refractivity contribution < 1.29 is 19.6 Å². The van der Waals surface area contributed by atoms with Gasteiger partial charge in [0, 0.05) is 12.1 Å². The molecule has 1 amide bonds. The molecule has 2 N–H and O–H groups in total. The normalized spacial score (nSPS) is 11.5. The molecule has 0 aliphatic carbocycles. The molecule has 2 aromatic rings. The van der Waals surface area contributed by atoms with Crippen molar-refractivity contribution in [2.24, 2.45) is 0 Å². The molecule has 23 heavy (non-hydrogen) atoms. The van der Waals surface area contributed by atoms with Gasteiger partial charge in [0.2, 0.25) is 0 Å². The summed E-state index contributed by atoms with van der Waals surface area (Å²) < 4.78 is 5.06. The number of alkyl carbamates (subject to hydrolysis) is 1. The van der Waals surface area contributed by atoms with Crippen LogP contribution in [0.4, 0.5) is 10.5 Å². The zero-order valence-corrected chi connectivity index (χ0v) is 12.2. The van der Waals surface area contributed by atoms with Crippen molar-refractivity contribution >= 4 is 11.8 Å². The van der Waals surface area contributed by atoms with Crippen molar-refractivity contribution in [3.63, 3.8) is 0 Å². The molecule has 0 heterocycles. The highest BCUT2D eigenvalue weighted by molar-refractivity contribution is 5.68. The molecule has 0 saturated heterocycles. The lowest BCUT2D eigenvalue weighted by Crippen LogP contribution is -2.31. The van der Waals surface area contributed by atoms with Crippen molar-refractivity contribution in [2.45, 2.75) is 12.6 Å². The number of benzene rings is 2. The second kappa shape index (κ2) is 7.90. The van der Waals surface area contributed by atoms with Crippen LogP contribution >= 0.6 is 0 Å². The van der Waals surface area contributed by atoms with E-state index in [1.165, 1.54) is 18.2 Å². The van der Waals surface area contributed by atoms with Gasteiger partial charge in [-0.15, -0.1) is 0 Å². The van der Waals surface area contributed by atoms with Gasteiger partial charge >= 0.3 is 6.09 Å². The van der Waals surface area contributed by atoms with Crippen molar-refractivity contribution in [1.29, 1.82) is 0 Å². The molecule has 0 aliphatic rings. The van der Waals surface area contributed by atoms with Crippen LogP contribution in [0.25, 0.3) is 0 Å². The maximum Gasteiger partial charge on any atom is 0.408 e. The Kier molecular flexibility index (Phi) is 5.65. The molecule has 7 heteroatoms. The average molecular weight is 316 g/mol. The summed E-state index contributed by atoms with van der Waals surface area (Å²) in [5, 5.41) is 22.7. The first-order valence-corrected chi connectivity index (χ1v) is 6.92. The number of nitrogens with one attached hydrogen (secondary N) is 1. The number of non-ortho nitro benzene ring substituents is 1. The van der Waals surface area contributed by atoms with Gasteiger partial charge in [-0.1, -0.05) is 42.5 Å². The molecule has 120 valence electrons. The lowest BCUT2D eigenvalue weighted by atomic mass is 10.1. The van der Waals surface area contributed by atoms with Crippen molar-refractivity contribution in [1.82, 2.24) is 5.32 Å². The minimum atomic E-state index is -0.779. The van der Waals surface area contributed by atoms with Crippen molar-refractivity contribution in [2.75, 3.05) is 6.61 Å². The van der Waals surface area contributed by atoms with E-state index in [1.807, 2.05) is 30.3 Å². The number of hydrogen-bond acceptors (Lipinski definition) is 5. The molecule has 2 rings (SSSR count). The highest BCUT2D eigenvalue weighted by atomic mass is 16.6. The molecule has 7 nitrogen and oxygen atoms in total. The van der Waals surface area contributed by atoms with Crippen LogP contribution in [0.1, 0.15) is 17.2 Å². The van der Waals surface area contributed by atoms with E-state index in [0.29, 0.717) is 5.56 Å². The first-order valence-electron chi connectivity index (χ1n) is 6.92. The highest BCUT2D eigenvalue weighted by Crippen LogP contribution is 2.19. The number of aliphatic hydroxyl groups is 1. The van der Waals surface area contributed by atoms with Crippen LogP contribution in [0.15, 0.2) is 54.6 Å². The van der Waals surface area contributed by atoms with Crippen LogP contribution in [-0.4, -0.2) is 22.7 Å². The maximum absolute atomic E-state index is 11.8. The minimum Gasteiger partial charge on any atom is -0.445 e. The van der Waals surface area contributed by atoms with E-state index < -0.39 is 23.7 Å². The summed E-state index contributed by atoms with van der Waals surface area (Å²) in [7, 11) is 0. The van der Waals surface area contributed by atoms with Crippen LogP contribution in [0.5, 0.6) is 0 Å². The van der Waals surface area contributed by atoms with Gasteiger partial charge in [0.15, 0.2) is 0 Å². The zero-order chi connectivity index (χ0) is 16.7. The SMILES string of the molecule is O=C(NC(CO)c1cccc([N+](=O)[O-])c1)OCc1ccccc1. The van der Waals surface area contributed by atoms with E-state index in [9.17, 15) is 20.0 Å². The number of hydrogen-bond donors (Lipinski definition) is 2. The molecule has 0 bridgehead atoms. The summed E-state index contributed by atoms with van der Waals surface area (Å²) in [6, 6.07) is 14.1. The Morgan fingerprint density at radius 1 is 1.22 bits per heavy atom. The molecule has 0 saturated carbocycles. The third-order valence-corrected chi connectivity index (χ3v) is 3.17. The zero-order valence-electron chi connectivity index (χ0n) is 12.2. The summed E-state index contributed by atoms with van der Waals surface area (Å²) in [4.78, 5) is 22.0. The number of amides is 1. The first kappa shape index (κ1) is 16.4. The molecule has 2 aromatic carbocycles. The summed E-state index contributed by atoms with van der Waals surface area (Å²) in [5.41, 5.74) is 1.15. The highest BCUT2D eigenvalue weighted by Gasteiger charge is 2.17. The van der Waals surface area contributed by atoms with Crippen molar-refractivity contribution in [3.05, 3.63) is 75.8 Å². The van der Waals surface area contributed by atoms with Gasteiger partial charge < -0.3 is 15.2 Å². The number of nitro benzene ring substituents is 1. The summed E-state index contributed by atoms with van der Waals surface area (Å²) in [5.74, 6) is 0. The van der Waals surface area contributed by atoms with E-state index in [0.717, 1.165) is 5.56 Å². The van der Waals surface area contributed by atoms with Gasteiger partial charge in [0.25, 0.3) is 5.69 Å². The Bertz CT molecular complexity index is 675. The number of carbonyl (C=O) groups is 1. The van der Waals surface area contributed by atoms with Crippen LogP contribution in [0.3, 0.4) is 0 Å². The summed E-state index contributed by atoms with van der Waals surface area (Å²) in [6.07, 6.45) is -0.709. The largest absolute Gasteiger partial charge is 0.445 e. The predicted molar refractivity (Wildman–Crippen MR) is 82.7 cm³/mol. The number of nitrogens with zero attached hydrogens (tertiary/aromatic N) is 1. The smallest absolute Gasteiger partial charge is 0.408 e. The number of rotatable bonds is 6. The molecular formula is C16H16N2O5. The second-order valence-corrected chi connectivity index (χ2v) is 4.79. The molecule has 0 spiro atoms. The number of aliphatic hydroxyl groups excluding tert-OH is 1. The van der Waals surface area contributed by atoms with Gasteiger partial charge in [-0.2, -0.15) is 0 Å². The summed E-state index contributed by atoms with van der Waals surface area (Å²) >= 11 is 0. The first-order chi connectivity index (χ1) is 11.1. The van der Waals surface area contributed by atoms with E-state index in [4.69, 9.17) is 4.74 Å². The molecule has 0 fully saturated rings. The van der Waals surface area contributed by atoms with Crippen LogP contribution in [0, 0.1) is 10.1 Å². The fourth-order valence-electron chi connectivity index (χ4n) is 2.00. The Morgan fingerprint density at radius 3 is 2.61 bits per heavy atom. The lowest BCUT2D eigenvalue weighted by Gasteiger charge is -2.16. The standard InChI is InChI=1S/C16H16N2O5/c19-10-15(13-7-4-8-14(9-13)18(21)22)17-16(20)23-11-12-5-2-1-3-6-12/h1-9,15,19H,10-11H2,(H,17,20). The molecule has 1 atom stereocenters. The average Bonchev–Trinajstić information content (AvgIpc) is 2.59. The minimum absolute atomic E-state index is 0.0970. The van der Waals surface area contributed by atoms with Gasteiger partial charge in [-0.3, -0.25) is 10.1 Å². The third-order valence-electron chi connectivity index (χ3n) is 3.17. The van der Waals surface area contributed by atoms with Crippen LogP contribution in [0.2, 0.25) is 0 Å². The lowest BCUT2D eigenvalue weighted by molar-refractivity contribution is -0.384. The van der Waals surface area contributed by atoms with Gasteiger partial charge in [0.05, 0.1) is 17.6 Å². The van der Waals surface area contributed by atoms with E-state index in [-0.39, 0.29) is 12.3 Å². The quantitative estimate of drug-likeness (QED) is 0.630. The topological polar surface area (TPSA) is 102 Å². The maximum atomic E-state index is 11.8. The van der Waals surface area contributed by atoms with E-state index in [1.54, 1.807) is 6.07 Å². The molecular weight excluding hydrogens is 300 g/mol. The number of ether oxygens (including phenoxy) is 1. The summed E-state index contributed by atoms with van der Waals surface area (Å²) in [6.45, 7) is -0.304. The Hall–Kier alpha value is -2.93. The molecule has 1 unspecified atom stereocenters. The van der Waals surface area contributed by atoms with Crippen LogP contribution < -0.4 is 5.32 Å². The van der Waals surface area contributed by atoms with E-state index in [2.05, 4.69) is 5.32 Å². The van der Waals surface area contributed by atoms with Gasteiger partial charge in [-0.25, -0.2) is 4.79 Å². The second-order valence-electron chi connectivity index (χ2n) is 4.79. The number of carbonyl (C=O) groups excluding carboxylic acids is 1. The Balaban J connectivity index is 1.97. The molecule has 0 radical (unpaired) electrons. The van der Waals surface area contributed by atoms with Crippen molar-refractivity contribution in [3.8, 4) is 0 Å². The molecule has 0 aromatic heterocycles. The van der Waals surface area contributed by atoms with E-state index >= 15 is 0 Å².